The van der Waals surface area contributed by atoms with Gasteiger partial charge in [-0.15, -0.1) is 0 Å². The summed E-state index contributed by atoms with van der Waals surface area (Å²) >= 11 is 0. The van der Waals surface area contributed by atoms with Crippen molar-refractivity contribution < 1.29 is 28.6 Å². The zero-order valence-corrected chi connectivity index (χ0v) is 39.1. The number of allylic oxidation sites excluding steroid dienone is 18. The zero-order chi connectivity index (χ0) is 44.4. The topological polar surface area (TPSA) is 78.9 Å². The summed E-state index contributed by atoms with van der Waals surface area (Å²) in [4.78, 5) is 37.6. The van der Waals surface area contributed by atoms with Gasteiger partial charge >= 0.3 is 17.9 Å². The number of hydrogen-bond donors (Lipinski definition) is 0. The van der Waals surface area contributed by atoms with E-state index < -0.39 is 6.10 Å². The second kappa shape index (κ2) is 48.7. The van der Waals surface area contributed by atoms with Crippen LogP contribution in [0.3, 0.4) is 0 Å². The molecule has 0 saturated carbocycles. The summed E-state index contributed by atoms with van der Waals surface area (Å²) in [5.74, 6) is -0.963. The van der Waals surface area contributed by atoms with Crippen LogP contribution in [0, 0.1) is 0 Å². The molecule has 61 heavy (non-hydrogen) atoms. The van der Waals surface area contributed by atoms with Crippen LogP contribution in [0.2, 0.25) is 0 Å². The number of rotatable bonds is 42. The van der Waals surface area contributed by atoms with Gasteiger partial charge in [0.05, 0.1) is 0 Å². The van der Waals surface area contributed by atoms with Gasteiger partial charge in [-0.3, -0.25) is 14.4 Å². The third kappa shape index (κ3) is 47.0. The highest BCUT2D eigenvalue weighted by Gasteiger charge is 2.19. The van der Waals surface area contributed by atoms with Crippen molar-refractivity contribution >= 4 is 17.9 Å². The quantitative estimate of drug-likeness (QED) is 0.0264. The average molecular weight is 845 g/mol. The largest absolute Gasteiger partial charge is 0.462 e. The van der Waals surface area contributed by atoms with E-state index in [4.69, 9.17) is 14.2 Å². The fourth-order valence-corrected chi connectivity index (χ4v) is 6.16. The van der Waals surface area contributed by atoms with Gasteiger partial charge in [0, 0.05) is 19.3 Å². The standard InChI is InChI=1S/C55H88O6/c1-4-7-10-13-15-17-19-21-23-24-25-26-27-28-29-30-32-33-35-37-39-42-45-48-54(57)60-51-52(50-59-53(56)47-44-41-12-9-6-3)61-55(58)49-46-43-40-38-36-34-31-22-20-18-16-14-11-8-5-2/h7-8,10-11,15-18,21-23,25-26,28-29,31-33,52H,4-6,9,12-14,19-20,24,27,30,34-51H2,1-3H3/b10-7-,11-8-,17-15-,18-16-,23-21-,26-25-,29-28-,31-22-,33-32-. The van der Waals surface area contributed by atoms with Gasteiger partial charge in [0.2, 0.25) is 0 Å². The Kier molecular flexibility index (Phi) is 45.6. The van der Waals surface area contributed by atoms with E-state index >= 15 is 0 Å². The van der Waals surface area contributed by atoms with Crippen molar-refractivity contribution in [1.82, 2.24) is 0 Å². The second-order valence-electron chi connectivity index (χ2n) is 15.6. The summed E-state index contributed by atoms with van der Waals surface area (Å²) in [6, 6.07) is 0. The zero-order valence-electron chi connectivity index (χ0n) is 39.1. The first-order valence-electron chi connectivity index (χ1n) is 24.4. The summed E-state index contributed by atoms with van der Waals surface area (Å²) in [5.41, 5.74) is 0. The molecule has 0 spiro atoms. The maximum atomic E-state index is 12.7. The van der Waals surface area contributed by atoms with E-state index in [0.717, 1.165) is 161 Å². The molecule has 0 aromatic rings. The molecule has 0 aliphatic heterocycles. The van der Waals surface area contributed by atoms with E-state index in [1.165, 1.54) is 0 Å². The molecule has 6 nitrogen and oxygen atoms in total. The van der Waals surface area contributed by atoms with Gasteiger partial charge in [0.15, 0.2) is 6.10 Å². The summed E-state index contributed by atoms with van der Waals surface area (Å²) in [5, 5.41) is 0. The molecular weight excluding hydrogens is 757 g/mol. The normalized spacial score (nSPS) is 13.0. The van der Waals surface area contributed by atoms with Crippen LogP contribution < -0.4 is 0 Å². The molecule has 1 unspecified atom stereocenters. The van der Waals surface area contributed by atoms with Crippen LogP contribution in [0.5, 0.6) is 0 Å². The van der Waals surface area contributed by atoms with Crippen molar-refractivity contribution in [3.8, 4) is 0 Å². The smallest absolute Gasteiger partial charge is 0.306 e. The van der Waals surface area contributed by atoms with Crippen molar-refractivity contribution in [2.24, 2.45) is 0 Å². The Morgan fingerprint density at radius 3 is 1.00 bits per heavy atom. The number of carbonyl (C=O) groups excluding carboxylic acids is 3. The molecule has 0 aliphatic rings. The number of ether oxygens (including phenoxy) is 3. The van der Waals surface area contributed by atoms with Crippen LogP contribution >= 0.6 is 0 Å². The lowest BCUT2D eigenvalue weighted by molar-refractivity contribution is -0.167. The second-order valence-corrected chi connectivity index (χ2v) is 15.6. The average Bonchev–Trinajstić information content (AvgIpc) is 3.26. The van der Waals surface area contributed by atoms with Crippen LogP contribution in [0.25, 0.3) is 0 Å². The summed E-state index contributed by atoms with van der Waals surface area (Å²) in [6.07, 6.45) is 65.3. The molecule has 0 aromatic carbocycles. The van der Waals surface area contributed by atoms with Crippen LogP contribution in [0.4, 0.5) is 0 Å². The van der Waals surface area contributed by atoms with E-state index in [0.29, 0.717) is 19.3 Å². The van der Waals surface area contributed by atoms with Crippen molar-refractivity contribution in [3.63, 3.8) is 0 Å². The van der Waals surface area contributed by atoms with Gasteiger partial charge in [0.1, 0.15) is 13.2 Å². The minimum Gasteiger partial charge on any atom is -0.462 e. The molecule has 0 aliphatic carbocycles. The minimum absolute atomic E-state index is 0.0966. The monoisotopic (exact) mass is 845 g/mol. The molecule has 6 heteroatoms. The number of hydrogen-bond acceptors (Lipinski definition) is 6. The van der Waals surface area contributed by atoms with E-state index in [2.05, 4.69) is 130 Å². The number of unbranched alkanes of at least 4 members (excludes halogenated alkanes) is 13. The van der Waals surface area contributed by atoms with Crippen molar-refractivity contribution in [2.45, 2.75) is 207 Å². The van der Waals surface area contributed by atoms with Gasteiger partial charge in [-0.25, -0.2) is 0 Å². The Labute approximate surface area is 374 Å². The Morgan fingerprint density at radius 1 is 0.344 bits per heavy atom. The third-order valence-electron chi connectivity index (χ3n) is 9.77. The molecule has 0 bridgehead atoms. The van der Waals surface area contributed by atoms with Gasteiger partial charge in [-0.2, -0.15) is 0 Å². The molecule has 0 amide bonds. The fourth-order valence-electron chi connectivity index (χ4n) is 6.16. The van der Waals surface area contributed by atoms with Gasteiger partial charge in [-0.1, -0.05) is 188 Å². The van der Waals surface area contributed by atoms with E-state index in [9.17, 15) is 14.4 Å². The highest BCUT2D eigenvalue weighted by molar-refractivity contribution is 5.71. The van der Waals surface area contributed by atoms with E-state index in [-0.39, 0.29) is 31.1 Å². The first-order valence-corrected chi connectivity index (χ1v) is 24.4. The lowest BCUT2D eigenvalue weighted by Crippen LogP contribution is -2.30. The van der Waals surface area contributed by atoms with E-state index in [1.807, 2.05) is 0 Å². The first kappa shape index (κ1) is 57.1. The first-order chi connectivity index (χ1) is 30.0. The lowest BCUT2D eigenvalue weighted by Gasteiger charge is -2.18. The summed E-state index contributed by atoms with van der Waals surface area (Å²) < 4.78 is 16.6. The molecule has 0 radical (unpaired) electrons. The van der Waals surface area contributed by atoms with Crippen LogP contribution in [0.1, 0.15) is 201 Å². The molecule has 0 heterocycles. The Hall–Kier alpha value is -3.93. The number of esters is 3. The Morgan fingerprint density at radius 2 is 0.639 bits per heavy atom. The van der Waals surface area contributed by atoms with Gasteiger partial charge in [0.25, 0.3) is 0 Å². The molecule has 0 fully saturated rings. The van der Waals surface area contributed by atoms with Crippen molar-refractivity contribution in [2.75, 3.05) is 13.2 Å². The molecular formula is C55H88O6. The molecule has 0 aromatic heterocycles. The SMILES string of the molecule is CC/C=C\C/C=C\C/C=C\C/C=C\C/C=C\C/C=C\CCCCCCC(=O)OCC(COC(=O)CCCCCCC)OC(=O)CCCCCCC/C=C\C/C=C\C/C=C\CC. The summed E-state index contributed by atoms with van der Waals surface area (Å²) in [6.45, 7) is 6.26. The van der Waals surface area contributed by atoms with Crippen LogP contribution in [-0.2, 0) is 28.6 Å². The highest BCUT2D eigenvalue weighted by Crippen LogP contribution is 2.12. The van der Waals surface area contributed by atoms with Crippen molar-refractivity contribution in [1.29, 1.82) is 0 Å². The Bertz CT molecular complexity index is 1290. The highest BCUT2D eigenvalue weighted by atomic mass is 16.6. The molecule has 1 atom stereocenters. The predicted molar refractivity (Wildman–Crippen MR) is 260 cm³/mol. The predicted octanol–water partition coefficient (Wildman–Crippen LogP) is 16.0. The van der Waals surface area contributed by atoms with Crippen LogP contribution in [0.15, 0.2) is 109 Å². The fraction of sp³-hybridized carbons (Fsp3) is 0.618. The molecule has 0 N–H and O–H groups in total. The van der Waals surface area contributed by atoms with Gasteiger partial charge < -0.3 is 14.2 Å². The maximum Gasteiger partial charge on any atom is 0.306 e. The summed E-state index contributed by atoms with van der Waals surface area (Å²) in [7, 11) is 0. The van der Waals surface area contributed by atoms with Gasteiger partial charge in [-0.05, 0) is 103 Å². The van der Waals surface area contributed by atoms with Crippen molar-refractivity contribution in [3.05, 3.63) is 109 Å². The lowest BCUT2D eigenvalue weighted by atomic mass is 10.1. The molecule has 0 saturated heterocycles. The Balaban J connectivity index is 4.27. The number of carbonyl (C=O) groups is 3. The third-order valence-corrected chi connectivity index (χ3v) is 9.77. The van der Waals surface area contributed by atoms with E-state index in [1.54, 1.807) is 0 Å². The maximum absolute atomic E-state index is 12.7. The minimum atomic E-state index is -0.795. The molecule has 344 valence electrons. The van der Waals surface area contributed by atoms with Crippen LogP contribution in [-0.4, -0.2) is 37.2 Å². The molecule has 0 rings (SSSR count).